The van der Waals surface area contributed by atoms with Crippen LogP contribution in [0.5, 0.6) is 0 Å². The van der Waals surface area contributed by atoms with Crippen LogP contribution in [0, 0.1) is 15.9 Å². The normalized spacial score (nSPS) is 20.8. The zero-order valence-corrected chi connectivity index (χ0v) is 11.6. The SMILES string of the molecule is C[C@@H]1CNCCN1S(=O)(=O)c1ccc(F)c([N+](=O)[O-])c1. The minimum absolute atomic E-state index is 0.264. The van der Waals surface area contributed by atoms with Gasteiger partial charge in [0.1, 0.15) is 0 Å². The molecule has 1 N–H and O–H groups in total. The standard InChI is InChI=1S/C11H14FN3O4S/c1-8-7-13-4-5-14(8)20(18,19)9-2-3-10(12)11(6-9)15(16)17/h2-3,6,8,13H,4-5,7H2,1H3/t8-/m1/s1. The van der Waals surface area contributed by atoms with E-state index in [9.17, 15) is 22.9 Å². The molecule has 1 aromatic carbocycles. The number of benzene rings is 1. The zero-order valence-electron chi connectivity index (χ0n) is 10.7. The molecule has 1 atom stereocenters. The number of rotatable bonds is 3. The summed E-state index contributed by atoms with van der Waals surface area (Å²) in [4.78, 5) is 9.49. The van der Waals surface area contributed by atoms with Crippen molar-refractivity contribution in [3.8, 4) is 0 Å². The van der Waals surface area contributed by atoms with Crippen molar-refractivity contribution >= 4 is 15.7 Å². The number of halogens is 1. The minimum atomic E-state index is -3.86. The fraction of sp³-hybridized carbons (Fsp3) is 0.455. The summed E-state index contributed by atoms with van der Waals surface area (Å²) in [7, 11) is -3.86. The van der Waals surface area contributed by atoms with E-state index in [4.69, 9.17) is 0 Å². The molecule has 7 nitrogen and oxygen atoms in total. The molecule has 0 radical (unpaired) electrons. The van der Waals surface area contributed by atoms with Crippen LogP contribution in [0.15, 0.2) is 23.1 Å². The lowest BCUT2D eigenvalue weighted by molar-refractivity contribution is -0.387. The van der Waals surface area contributed by atoms with Crippen LogP contribution in [0.2, 0.25) is 0 Å². The second kappa shape index (κ2) is 5.43. The predicted molar refractivity (Wildman–Crippen MR) is 69.3 cm³/mol. The zero-order chi connectivity index (χ0) is 14.9. The van der Waals surface area contributed by atoms with Crippen molar-refractivity contribution in [3.05, 3.63) is 34.1 Å². The van der Waals surface area contributed by atoms with Crippen LogP contribution in [0.1, 0.15) is 6.92 Å². The molecule has 1 aliphatic rings. The number of sulfonamides is 1. The Morgan fingerprint density at radius 1 is 1.50 bits per heavy atom. The molecule has 0 saturated carbocycles. The maximum atomic E-state index is 13.3. The van der Waals surface area contributed by atoms with Crippen LogP contribution in [0.3, 0.4) is 0 Å². The van der Waals surface area contributed by atoms with E-state index < -0.39 is 26.5 Å². The van der Waals surface area contributed by atoms with Gasteiger partial charge in [-0.25, -0.2) is 8.42 Å². The molecule has 1 aromatic rings. The number of nitrogens with zero attached hydrogens (tertiary/aromatic N) is 2. The van der Waals surface area contributed by atoms with Crippen molar-refractivity contribution in [1.82, 2.24) is 9.62 Å². The van der Waals surface area contributed by atoms with Crippen molar-refractivity contribution in [1.29, 1.82) is 0 Å². The first-order valence-corrected chi connectivity index (χ1v) is 7.44. The van der Waals surface area contributed by atoms with E-state index in [1.54, 1.807) is 6.92 Å². The maximum absolute atomic E-state index is 13.3. The summed E-state index contributed by atoms with van der Waals surface area (Å²) in [5.41, 5.74) is -0.839. The average molecular weight is 303 g/mol. The van der Waals surface area contributed by atoms with E-state index >= 15 is 0 Å². The molecular formula is C11H14FN3O4S. The summed E-state index contributed by atoms with van der Waals surface area (Å²) >= 11 is 0. The van der Waals surface area contributed by atoms with Crippen molar-refractivity contribution in [3.63, 3.8) is 0 Å². The molecule has 1 fully saturated rings. The highest BCUT2D eigenvalue weighted by Crippen LogP contribution is 2.25. The molecule has 9 heteroatoms. The van der Waals surface area contributed by atoms with Gasteiger partial charge in [-0.2, -0.15) is 8.70 Å². The number of hydrogen-bond donors (Lipinski definition) is 1. The first-order valence-electron chi connectivity index (χ1n) is 6.00. The Balaban J connectivity index is 2.44. The Hall–Kier alpha value is -1.58. The Labute approximate surface area is 115 Å². The van der Waals surface area contributed by atoms with Gasteiger partial charge in [0.05, 0.1) is 9.82 Å². The quantitative estimate of drug-likeness (QED) is 0.656. The van der Waals surface area contributed by atoms with E-state index in [2.05, 4.69) is 5.32 Å². The summed E-state index contributed by atoms with van der Waals surface area (Å²) in [6, 6.07) is 2.35. The molecule has 1 aliphatic heterocycles. The molecule has 110 valence electrons. The van der Waals surface area contributed by atoms with Crippen molar-refractivity contribution in [2.75, 3.05) is 19.6 Å². The molecule has 0 spiro atoms. The third-order valence-electron chi connectivity index (χ3n) is 3.16. The molecule has 1 heterocycles. The van der Waals surface area contributed by atoms with E-state index in [1.807, 2.05) is 0 Å². The van der Waals surface area contributed by atoms with Crippen LogP contribution in [-0.2, 0) is 10.0 Å². The molecule has 1 saturated heterocycles. The summed E-state index contributed by atoms with van der Waals surface area (Å²) < 4.78 is 39.4. The topological polar surface area (TPSA) is 92.6 Å². The molecule has 0 aliphatic carbocycles. The Kier molecular flexibility index (Phi) is 4.02. The van der Waals surface area contributed by atoms with Crippen molar-refractivity contribution in [2.45, 2.75) is 17.9 Å². The molecule has 20 heavy (non-hydrogen) atoms. The molecule has 2 rings (SSSR count). The van der Waals surface area contributed by atoms with Gasteiger partial charge in [-0.05, 0) is 19.1 Å². The smallest absolute Gasteiger partial charge is 0.306 e. The summed E-state index contributed by atoms with van der Waals surface area (Å²) in [6.07, 6.45) is 0. The highest BCUT2D eigenvalue weighted by molar-refractivity contribution is 7.89. The van der Waals surface area contributed by atoms with Gasteiger partial charge < -0.3 is 5.32 Å². The number of hydrogen-bond acceptors (Lipinski definition) is 5. The van der Waals surface area contributed by atoms with Gasteiger partial charge in [0.25, 0.3) is 0 Å². The molecule has 0 unspecified atom stereocenters. The predicted octanol–water partition coefficient (Wildman–Crippen LogP) is 0.716. The third-order valence-corrected chi connectivity index (χ3v) is 5.17. The van der Waals surface area contributed by atoms with Gasteiger partial charge in [0, 0.05) is 31.7 Å². The van der Waals surface area contributed by atoms with Crippen LogP contribution in [-0.4, -0.2) is 43.3 Å². The van der Waals surface area contributed by atoms with Gasteiger partial charge in [0.15, 0.2) is 0 Å². The number of piperazine rings is 1. The third kappa shape index (κ3) is 2.65. The highest BCUT2D eigenvalue weighted by Gasteiger charge is 2.32. The van der Waals surface area contributed by atoms with E-state index in [-0.39, 0.29) is 17.5 Å². The van der Waals surface area contributed by atoms with Crippen LogP contribution in [0.4, 0.5) is 10.1 Å². The largest absolute Gasteiger partial charge is 0.314 e. The Morgan fingerprint density at radius 3 is 2.80 bits per heavy atom. The van der Waals surface area contributed by atoms with E-state index in [0.717, 1.165) is 18.2 Å². The van der Waals surface area contributed by atoms with E-state index in [1.165, 1.54) is 4.31 Å². The summed E-state index contributed by atoms with van der Waals surface area (Å²) in [5.74, 6) is -1.05. The monoisotopic (exact) mass is 303 g/mol. The molecule has 0 bridgehead atoms. The van der Waals surface area contributed by atoms with Crippen LogP contribution < -0.4 is 5.32 Å². The van der Waals surface area contributed by atoms with Gasteiger partial charge in [-0.15, -0.1) is 0 Å². The molecule has 0 aromatic heterocycles. The Bertz CT molecular complexity index is 635. The maximum Gasteiger partial charge on any atom is 0.306 e. The lowest BCUT2D eigenvalue weighted by atomic mass is 10.3. The number of nitro benzene ring substituents is 1. The van der Waals surface area contributed by atoms with Gasteiger partial charge in [0.2, 0.25) is 15.8 Å². The highest BCUT2D eigenvalue weighted by atomic mass is 32.2. The number of nitrogens with one attached hydrogen (secondary N) is 1. The first-order chi connectivity index (χ1) is 9.34. The second-order valence-electron chi connectivity index (χ2n) is 4.54. The molecular weight excluding hydrogens is 289 g/mol. The Morgan fingerprint density at radius 2 is 2.20 bits per heavy atom. The fourth-order valence-electron chi connectivity index (χ4n) is 2.11. The number of nitro groups is 1. The van der Waals surface area contributed by atoms with Gasteiger partial charge in [-0.3, -0.25) is 10.1 Å². The summed E-state index contributed by atoms with van der Waals surface area (Å²) in [5, 5.41) is 13.7. The van der Waals surface area contributed by atoms with Crippen molar-refractivity contribution in [2.24, 2.45) is 0 Å². The van der Waals surface area contributed by atoms with Gasteiger partial charge in [-0.1, -0.05) is 0 Å². The van der Waals surface area contributed by atoms with Crippen molar-refractivity contribution < 1.29 is 17.7 Å². The molecule has 0 amide bonds. The lowest BCUT2D eigenvalue weighted by Crippen LogP contribution is -2.52. The van der Waals surface area contributed by atoms with E-state index in [0.29, 0.717) is 13.1 Å². The van der Waals surface area contributed by atoms with Crippen LogP contribution in [0.25, 0.3) is 0 Å². The average Bonchev–Trinajstić information content (AvgIpc) is 2.38. The second-order valence-corrected chi connectivity index (χ2v) is 6.43. The van der Waals surface area contributed by atoms with Gasteiger partial charge >= 0.3 is 5.69 Å². The fourth-order valence-corrected chi connectivity index (χ4v) is 3.76. The minimum Gasteiger partial charge on any atom is -0.314 e. The lowest BCUT2D eigenvalue weighted by Gasteiger charge is -2.32. The van der Waals surface area contributed by atoms with Crippen LogP contribution >= 0.6 is 0 Å². The summed E-state index contributed by atoms with van der Waals surface area (Å²) in [6.45, 7) is 3.02. The first kappa shape index (κ1) is 14.8.